The molecule has 1 saturated heterocycles. The van der Waals surface area contributed by atoms with E-state index in [0.717, 1.165) is 59.9 Å². The Kier molecular flexibility index (Phi) is 3.90. The van der Waals surface area contributed by atoms with Gasteiger partial charge in [0.1, 0.15) is 11.3 Å². The van der Waals surface area contributed by atoms with Gasteiger partial charge < -0.3 is 14.1 Å². The summed E-state index contributed by atoms with van der Waals surface area (Å²) in [5.41, 5.74) is 5.92. The minimum absolute atomic E-state index is 0.786. The van der Waals surface area contributed by atoms with Gasteiger partial charge in [-0.2, -0.15) is 5.10 Å². The number of morpholine rings is 1. The Morgan fingerprint density at radius 1 is 1.00 bits per heavy atom. The third-order valence-electron chi connectivity index (χ3n) is 4.96. The fourth-order valence-electron chi connectivity index (χ4n) is 3.53. The molecule has 0 amide bonds. The highest BCUT2D eigenvalue weighted by atomic mass is 16.5. The zero-order valence-corrected chi connectivity index (χ0v) is 15.1. The zero-order chi connectivity index (χ0) is 18.2. The maximum Gasteiger partial charge on any atom is 0.161 e. The van der Waals surface area contributed by atoms with Crippen LogP contribution in [0.1, 0.15) is 0 Å². The number of furan rings is 1. The van der Waals surface area contributed by atoms with Crippen molar-refractivity contribution >= 4 is 16.8 Å². The van der Waals surface area contributed by atoms with E-state index in [4.69, 9.17) is 9.15 Å². The summed E-state index contributed by atoms with van der Waals surface area (Å²) < 4.78 is 13.4. The predicted octanol–water partition coefficient (Wildman–Crippen LogP) is 3.73. The number of ether oxygens (including phenoxy) is 1. The van der Waals surface area contributed by atoms with Crippen molar-refractivity contribution in [1.29, 1.82) is 0 Å². The molecule has 0 N–H and O–H groups in total. The second-order valence-electron chi connectivity index (χ2n) is 6.73. The first kappa shape index (κ1) is 16.1. The lowest BCUT2D eigenvalue weighted by Crippen LogP contribution is -2.36. The molecule has 0 spiro atoms. The van der Waals surface area contributed by atoms with Crippen molar-refractivity contribution < 1.29 is 9.15 Å². The van der Waals surface area contributed by atoms with E-state index >= 15 is 0 Å². The molecule has 0 saturated carbocycles. The Morgan fingerprint density at radius 2 is 1.81 bits per heavy atom. The highest BCUT2D eigenvalue weighted by Gasteiger charge is 2.15. The van der Waals surface area contributed by atoms with Crippen LogP contribution < -0.4 is 4.90 Å². The van der Waals surface area contributed by atoms with E-state index in [-0.39, 0.29) is 0 Å². The molecule has 1 aromatic carbocycles. The fourth-order valence-corrected chi connectivity index (χ4v) is 3.53. The van der Waals surface area contributed by atoms with Crippen molar-refractivity contribution in [3.63, 3.8) is 0 Å². The molecule has 0 aliphatic carbocycles. The Balaban J connectivity index is 1.50. The second kappa shape index (κ2) is 6.55. The van der Waals surface area contributed by atoms with Crippen molar-refractivity contribution in [2.75, 3.05) is 31.2 Å². The maximum absolute atomic E-state index is 6.20. The molecule has 4 heterocycles. The molecular weight excluding hydrogens is 340 g/mol. The van der Waals surface area contributed by atoms with Crippen LogP contribution in [-0.2, 0) is 11.8 Å². The molecule has 6 heteroatoms. The van der Waals surface area contributed by atoms with Gasteiger partial charge >= 0.3 is 0 Å². The van der Waals surface area contributed by atoms with Crippen LogP contribution in [0.5, 0.6) is 0 Å². The van der Waals surface area contributed by atoms with Gasteiger partial charge in [-0.25, -0.2) is 0 Å². The van der Waals surface area contributed by atoms with Crippen molar-refractivity contribution in [1.82, 2.24) is 14.8 Å². The molecule has 27 heavy (non-hydrogen) atoms. The fraction of sp³-hybridized carbons (Fsp3) is 0.238. The molecular formula is C21H20N4O2. The van der Waals surface area contributed by atoms with Crippen LogP contribution in [0.3, 0.4) is 0 Å². The van der Waals surface area contributed by atoms with Gasteiger partial charge in [0.15, 0.2) is 5.58 Å². The second-order valence-corrected chi connectivity index (χ2v) is 6.73. The van der Waals surface area contributed by atoms with Gasteiger partial charge in [0.05, 0.1) is 19.4 Å². The summed E-state index contributed by atoms with van der Waals surface area (Å²) in [7, 11) is 1.91. The number of aromatic nitrogens is 3. The van der Waals surface area contributed by atoms with E-state index in [1.807, 2.05) is 37.8 Å². The number of benzene rings is 1. The van der Waals surface area contributed by atoms with E-state index in [1.54, 1.807) is 4.68 Å². The molecule has 136 valence electrons. The maximum atomic E-state index is 6.20. The van der Waals surface area contributed by atoms with Gasteiger partial charge in [-0.15, -0.1) is 0 Å². The van der Waals surface area contributed by atoms with E-state index in [1.165, 1.54) is 5.69 Å². The van der Waals surface area contributed by atoms with Crippen LogP contribution in [0, 0.1) is 0 Å². The van der Waals surface area contributed by atoms with Gasteiger partial charge in [-0.3, -0.25) is 9.67 Å². The Bertz CT molecular complexity index is 1080. The molecule has 0 atom stereocenters. The molecule has 3 aromatic heterocycles. The quantitative estimate of drug-likeness (QED) is 0.557. The number of aryl methyl sites for hydroxylation is 1. The highest BCUT2D eigenvalue weighted by Crippen LogP contribution is 2.34. The lowest BCUT2D eigenvalue weighted by molar-refractivity contribution is 0.122. The number of fused-ring (bicyclic) bond motifs is 1. The van der Waals surface area contributed by atoms with Crippen LogP contribution in [0.15, 0.2) is 59.4 Å². The van der Waals surface area contributed by atoms with E-state index in [9.17, 15) is 0 Å². The predicted molar refractivity (Wildman–Crippen MR) is 105 cm³/mol. The number of pyridine rings is 1. The number of rotatable bonds is 3. The van der Waals surface area contributed by atoms with Crippen molar-refractivity contribution in [2.45, 2.75) is 0 Å². The topological polar surface area (TPSA) is 56.3 Å². The lowest BCUT2D eigenvalue weighted by atomic mass is 10.1. The Labute approximate surface area is 157 Å². The van der Waals surface area contributed by atoms with Crippen molar-refractivity contribution in [2.24, 2.45) is 7.05 Å². The third kappa shape index (κ3) is 2.98. The molecule has 5 rings (SSSR count). The zero-order valence-electron chi connectivity index (χ0n) is 15.1. The van der Waals surface area contributed by atoms with Gasteiger partial charge in [0, 0.05) is 61.0 Å². The average molecular weight is 360 g/mol. The van der Waals surface area contributed by atoms with E-state index in [2.05, 4.69) is 39.2 Å². The smallest absolute Gasteiger partial charge is 0.161 e. The molecule has 1 aliphatic rings. The number of hydrogen-bond donors (Lipinski definition) is 0. The summed E-state index contributed by atoms with van der Waals surface area (Å²) >= 11 is 0. The molecule has 0 bridgehead atoms. The summed E-state index contributed by atoms with van der Waals surface area (Å²) in [5.74, 6) is 0.822. The Morgan fingerprint density at radius 3 is 2.56 bits per heavy atom. The van der Waals surface area contributed by atoms with Gasteiger partial charge in [-0.1, -0.05) is 0 Å². The first-order chi connectivity index (χ1) is 13.3. The number of anilines is 1. The average Bonchev–Trinajstić information content (AvgIpc) is 3.35. The van der Waals surface area contributed by atoms with Crippen LogP contribution in [0.2, 0.25) is 0 Å². The van der Waals surface area contributed by atoms with Crippen molar-refractivity contribution in [3.8, 4) is 22.5 Å². The first-order valence-electron chi connectivity index (χ1n) is 9.09. The largest absolute Gasteiger partial charge is 0.454 e. The van der Waals surface area contributed by atoms with Gasteiger partial charge in [0.2, 0.25) is 0 Å². The number of nitrogens with zero attached hydrogens (tertiary/aromatic N) is 4. The molecule has 0 radical (unpaired) electrons. The Hall–Kier alpha value is -3.12. The molecule has 6 nitrogen and oxygen atoms in total. The summed E-state index contributed by atoms with van der Waals surface area (Å²) in [4.78, 5) is 6.81. The van der Waals surface area contributed by atoms with Crippen LogP contribution in [0.25, 0.3) is 33.6 Å². The monoisotopic (exact) mass is 360 g/mol. The normalized spacial score (nSPS) is 14.8. The molecule has 4 aromatic rings. The van der Waals surface area contributed by atoms with Crippen LogP contribution in [-0.4, -0.2) is 41.1 Å². The number of hydrogen-bond acceptors (Lipinski definition) is 5. The lowest BCUT2D eigenvalue weighted by Gasteiger charge is -2.28. The van der Waals surface area contributed by atoms with Crippen molar-refractivity contribution in [3.05, 3.63) is 55.0 Å². The SMILES string of the molecule is Cn1cc(-c2ccnc3cc(-c4ccc(N5CCOCC5)cc4)oc23)cn1. The summed E-state index contributed by atoms with van der Waals surface area (Å²) in [6.45, 7) is 3.44. The van der Waals surface area contributed by atoms with Crippen LogP contribution >= 0.6 is 0 Å². The minimum Gasteiger partial charge on any atom is -0.454 e. The minimum atomic E-state index is 0.786. The highest BCUT2D eigenvalue weighted by molar-refractivity contribution is 5.92. The standard InChI is InChI=1S/C21H20N4O2/c1-24-14-16(13-23-24)18-6-7-22-19-12-20(27-21(18)19)15-2-4-17(5-3-15)25-8-10-26-11-9-25/h2-7,12-14H,8-11H2,1H3. The summed E-state index contributed by atoms with van der Waals surface area (Å²) in [5, 5.41) is 4.26. The van der Waals surface area contributed by atoms with Gasteiger partial charge in [0.25, 0.3) is 0 Å². The van der Waals surface area contributed by atoms with E-state index < -0.39 is 0 Å². The summed E-state index contributed by atoms with van der Waals surface area (Å²) in [6, 6.07) is 12.5. The summed E-state index contributed by atoms with van der Waals surface area (Å²) in [6.07, 6.45) is 5.63. The molecule has 0 unspecified atom stereocenters. The molecule has 1 fully saturated rings. The van der Waals surface area contributed by atoms with Crippen LogP contribution in [0.4, 0.5) is 5.69 Å². The first-order valence-corrected chi connectivity index (χ1v) is 9.09. The molecule has 1 aliphatic heterocycles. The van der Waals surface area contributed by atoms with E-state index in [0.29, 0.717) is 0 Å². The third-order valence-corrected chi connectivity index (χ3v) is 4.96. The van der Waals surface area contributed by atoms with Gasteiger partial charge in [-0.05, 0) is 30.3 Å².